The summed E-state index contributed by atoms with van der Waals surface area (Å²) in [6.45, 7) is 3.16. The third-order valence-electron chi connectivity index (χ3n) is 10.9. The standard InChI is InChI=1S/C49H85O13P/c1-3-5-7-9-11-13-15-17-19-20-21-22-24-25-27-29-31-33-35-37-42(50)59-39-41(40-60-63(57,58)62-49-47(55)45(53)44(52)46(54)48(49)56)61-43(51)38-36-34-32-30-28-26-23-18-16-14-12-10-8-6-4-2/h5,7,11,13,17,19,21-22,25,27,41,44-49,52-56H,3-4,6,8-10,12,14-16,18,20,23-24,26,28-40H2,1-2H3,(H,57,58). The van der Waals surface area contributed by atoms with Crippen LogP contribution in [-0.4, -0.2) is 98.3 Å². The quantitative estimate of drug-likeness (QED) is 0.0147. The van der Waals surface area contributed by atoms with E-state index in [4.69, 9.17) is 18.5 Å². The fourth-order valence-electron chi connectivity index (χ4n) is 7.02. The molecule has 1 aliphatic carbocycles. The highest BCUT2D eigenvalue weighted by Crippen LogP contribution is 2.47. The number of allylic oxidation sites excluding steroid dienone is 10. The normalized spacial score (nSPS) is 22.2. The van der Waals surface area contributed by atoms with Crippen molar-refractivity contribution in [2.45, 2.75) is 224 Å². The third kappa shape index (κ3) is 31.2. The molecule has 0 amide bonds. The van der Waals surface area contributed by atoms with Gasteiger partial charge in [-0.3, -0.25) is 18.6 Å². The Morgan fingerprint density at radius 2 is 0.905 bits per heavy atom. The first-order valence-electron chi connectivity index (χ1n) is 24.1. The number of phosphoric acid groups is 1. The number of carbonyl (C=O) groups excluding carboxylic acids is 2. The van der Waals surface area contributed by atoms with Crippen LogP contribution in [0.5, 0.6) is 0 Å². The predicted molar refractivity (Wildman–Crippen MR) is 249 cm³/mol. The third-order valence-corrected chi connectivity index (χ3v) is 11.9. The number of unbranched alkanes of at least 4 members (excludes halogenated alkanes) is 17. The summed E-state index contributed by atoms with van der Waals surface area (Å²) >= 11 is 0. The zero-order chi connectivity index (χ0) is 46.4. The van der Waals surface area contributed by atoms with E-state index in [0.29, 0.717) is 12.8 Å². The lowest BCUT2D eigenvalue weighted by Gasteiger charge is -2.41. The SMILES string of the molecule is CCC=CCC=CCC=CCC=CCC=CCCCCCC(=O)OCC(COP(=O)(O)OC1C(O)C(O)C(O)C(O)C1O)OC(=O)CCCCCCCCCCCCCCCCC. The number of hydrogen-bond acceptors (Lipinski definition) is 12. The minimum atomic E-state index is -5.13. The second-order valence-electron chi connectivity index (χ2n) is 16.6. The smallest absolute Gasteiger partial charge is 0.462 e. The van der Waals surface area contributed by atoms with Crippen molar-refractivity contribution in [3.8, 4) is 0 Å². The molecule has 364 valence electrons. The van der Waals surface area contributed by atoms with E-state index in [1.807, 2.05) is 0 Å². The van der Waals surface area contributed by atoms with Crippen molar-refractivity contribution in [2.24, 2.45) is 0 Å². The number of ether oxygens (including phenoxy) is 2. The van der Waals surface area contributed by atoms with E-state index < -0.39 is 75.7 Å². The molecule has 6 atom stereocenters. The lowest BCUT2D eigenvalue weighted by Crippen LogP contribution is -2.64. The highest BCUT2D eigenvalue weighted by molar-refractivity contribution is 7.47. The van der Waals surface area contributed by atoms with Crippen molar-refractivity contribution >= 4 is 19.8 Å². The Bertz CT molecular complexity index is 1330. The zero-order valence-electron chi connectivity index (χ0n) is 38.6. The molecule has 13 nitrogen and oxygen atoms in total. The van der Waals surface area contributed by atoms with Crippen LogP contribution in [0.3, 0.4) is 0 Å². The van der Waals surface area contributed by atoms with Crippen molar-refractivity contribution in [1.29, 1.82) is 0 Å². The summed E-state index contributed by atoms with van der Waals surface area (Å²) in [6.07, 6.45) is 34.1. The fraction of sp³-hybridized carbons (Fsp3) is 0.755. The first-order chi connectivity index (χ1) is 30.4. The van der Waals surface area contributed by atoms with Crippen LogP contribution < -0.4 is 0 Å². The lowest BCUT2D eigenvalue weighted by molar-refractivity contribution is -0.220. The van der Waals surface area contributed by atoms with Crippen LogP contribution in [-0.2, 0) is 32.7 Å². The van der Waals surface area contributed by atoms with Crippen molar-refractivity contribution < 1.29 is 63.1 Å². The second-order valence-corrected chi connectivity index (χ2v) is 18.0. The number of esters is 2. The Hall–Kier alpha value is -2.45. The summed E-state index contributed by atoms with van der Waals surface area (Å²) in [5.41, 5.74) is 0. The highest BCUT2D eigenvalue weighted by atomic mass is 31.2. The number of aliphatic hydroxyl groups excluding tert-OH is 5. The maximum atomic E-state index is 12.8. The van der Waals surface area contributed by atoms with Gasteiger partial charge in [-0.1, -0.05) is 171 Å². The molecule has 0 heterocycles. The minimum absolute atomic E-state index is 0.0897. The average Bonchev–Trinajstić information content (AvgIpc) is 3.26. The van der Waals surface area contributed by atoms with Crippen LogP contribution in [0.15, 0.2) is 60.8 Å². The largest absolute Gasteiger partial charge is 0.472 e. The first-order valence-corrected chi connectivity index (χ1v) is 25.6. The van der Waals surface area contributed by atoms with Crippen molar-refractivity contribution in [2.75, 3.05) is 13.2 Å². The Labute approximate surface area is 379 Å². The zero-order valence-corrected chi connectivity index (χ0v) is 39.5. The Morgan fingerprint density at radius 3 is 1.38 bits per heavy atom. The number of rotatable bonds is 39. The van der Waals surface area contributed by atoms with E-state index in [1.165, 1.54) is 64.2 Å². The molecule has 63 heavy (non-hydrogen) atoms. The van der Waals surface area contributed by atoms with Gasteiger partial charge in [0.05, 0.1) is 6.61 Å². The molecule has 0 aromatic heterocycles. The van der Waals surface area contributed by atoms with Crippen LogP contribution in [0.1, 0.15) is 181 Å². The molecule has 0 aromatic carbocycles. The van der Waals surface area contributed by atoms with E-state index in [9.17, 15) is 44.6 Å². The molecule has 0 radical (unpaired) electrons. The van der Waals surface area contributed by atoms with E-state index >= 15 is 0 Å². The Morgan fingerprint density at radius 1 is 0.508 bits per heavy atom. The molecule has 0 spiro atoms. The van der Waals surface area contributed by atoms with E-state index in [0.717, 1.165) is 77.0 Å². The van der Waals surface area contributed by atoms with Crippen molar-refractivity contribution in [3.63, 3.8) is 0 Å². The average molecular weight is 913 g/mol. The van der Waals surface area contributed by atoms with E-state index in [-0.39, 0.29) is 12.8 Å². The molecular weight excluding hydrogens is 827 g/mol. The molecule has 6 N–H and O–H groups in total. The van der Waals surface area contributed by atoms with Gasteiger partial charge in [0.25, 0.3) is 0 Å². The van der Waals surface area contributed by atoms with Gasteiger partial charge >= 0.3 is 19.8 Å². The molecular formula is C49H85O13P. The van der Waals surface area contributed by atoms with Gasteiger partial charge in [0.2, 0.25) is 0 Å². The maximum Gasteiger partial charge on any atom is 0.472 e. The molecule has 1 aliphatic rings. The summed E-state index contributed by atoms with van der Waals surface area (Å²) in [5, 5.41) is 50.2. The van der Waals surface area contributed by atoms with Crippen LogP contribution in [0.25, 0.3) is 0 Å². The summed E-state index contributed by atoms with van der Waals surface area (Å²) in [5.74, 6) is -1.14. The molecule has 0 aliphatic heterocycles. The van der Waals surface area contributed by atoms with Crippen LogP contribution in [0.4, 0.5) is 0 Å². The predicted octanol–water partition coefficient (Wildman–Crippen LogP) is 9.73. The summed E-state index contributed by atoms with van der Waals surface area (Å²) in [6, 6.07) is 0. The molecule has 1 fully saturated rings. The first kappa shape index (κ1) is 58.6. The molecule has 1 saturated carbocycles. The van der Waals surface area contributed by atoms with Crippen LogP contribution in [0, 0.1) is 0 Å². The van der Waals surface area contributed by atoms with E-state index in [2.05, 4.69) is 74.6 Å². The second kappa shape index (κ2) is 38.8. The molecule has 0 aromatic rings. The summed E-state index contributed by atoms with van der Waals surface area (Å²) in [4.78, 5) is 35.7. The maximum absolute atomic E-state index is 12.8. The van der Waals surface area contributed by atoms with Crippen molar-refractivity contribution in [3.05, 3.63) is 60.8 Å². The van der Waals surface area contributed by atoms with Crippen molar-refractivity contribution in [1.82, 2.24) is 0 Å². The van der Waals surface area contributed by atoms with Gasteiger partial charge in [0, 0.05) is 12.8 Å². The molecule has 0 bridgehead atoms. The monoisotopic (exact) mass is 913 g/mol. The number of hydrogen-bond donors (Lipinski definition) is 6. The molecule has 1 rings (SSSR count). The minimum Gasteiger partial charge on any atom is -0.462 e. The Kier molecular flexibility index (Phi) is 36.1. The van der Waals surface area contributed by atoms with Gasteiger partial charge in [-0.25, -0.2) is 4.57 Å². The van der Waals surface area contributed by atoms with Gasteiger partial charge in [-0.15, -0.1) is 0 Å². The van der Waals surface area contributed by atoms with Gasteiger partial charge < -0.3 is 39.9 Å². The molecule has 14 heteroatoms. The van der Waals surface area contributed by atoms with Gasteiger partial charge in [-0.05, 0) is 57.8 Å². The summed E-state index contributed by atoms with van der Waals surface area (Å²) in [7, 11) is -5.13. The lowest BCUT2D eigenvalue weighted by atomic mass is 9.85. The summed E-state index contributed by atoms with van der Waals surface area (Å²) < 4.78 is 33.5. The fourth-order valence-corrected chi connectivity index (χ4v) is 7.99. The number of aliphatic hydroxyl groups is 5. The van der Waals surface area contributed by atoms with E-state index in [1.54, 1.807) is 0 Å². The van der Waals surface area contributed by atoms with Gasteiger partial charge in [-0.2, -0.15) is 0 Å². The number of carbonyl (C=O) groups is 2. The Balaban J connectivity index is 2.46. The number of phosphoric ester groups is 1. The highest BCUT2D eigenvalue weighted by Gasteiger charge is 2.51. The van der Waals surface area contributed by atoms with Crippen LogP contribution in [0.2, 0.25) is 0 Å². The molecule has 0 saturated heterocycles. The topological polar surface area (TPSA) is 210 Å². The van der Waals surface area contributed by atoms with Gasteiger partial charge in [0.15, 0.2) is 6.10 Å². The van der Waals surface area contributed by atoms with Crippen LogP contribution >= 0.6 is 7.82 Å². The molecule has 6 unspecified atom stereocenters. The van der Waals surface area contributed by atoms with Gasteiger partial charge in [0.1, 0.15) is 43.2 Å².